The van der Waals surface area contributed by atoms with E-state index >= 15 is 0 Å². The molecule has 1 saturated heterocycles. The molecule has 4 nitrogen and oxygen atoms in total. The van der Waals surface area contributed by atoms with Gasteiger partial charge in [0.25, 0.3) is 0 Å². The van der Waals surface area contributed by atoms with Gasteiger partial charge in [-0.1, -0.05) is 24.3 Å². The van der Waals surface area contributed by atoms with Crippen molar-refractivity contribution >= 4 is 44.5 Å². The first-order chi connectivity index (χ1) is 13.1. The summed E-state index contributed by atoms with van der Waals surface area (Å²) in [5, 5.41) is 1.21. The molecule has 0 bridgehead atoms. The van der Waals surface area contributed by atoms with Crippen molar-refractivity contribution in [2.24, 2.45) is 7.05 Å². The molecule has 0 spiro atoms. The van der Waals surface area contributed by atoms with E-state index in [-0.39, 0.29) is 11.3 Å². The smallest absolute Gasteiger partial charge is 0.228 e. The second kappa shape index (κ2) is 7.60. The van der Waals surface area contributed by atoms with Crippen LogP contribution in [-0.2, 0) is 18.3 Å². The van der Waals surface area contributed by atoms with Crippen molar-refractivity contribution < 1.29 is 9.53 Å². The highest BCUT2D eigenvalue weighted by atomic mass is 79.9. The quantitative estimate of drug-likeness (QED) is 0.581. The molecular weight excluding hydrogens is 424 g/mol. The first kappa shape index (κ1) is 18.4. The van der Waals surface area contributed by atoms with Crippen molar-refractivity contribution in [1.82, 2.24) is 9.47 Å². The molecule has 1 unspecified atom stereocenters. The number of benzene rings is 2. The average Bonchev–Trinajstić information content (AvgIpc) is 3.28. The molecule has 2 aromatic carbocycles. The molecule has 0 aliphatic carbocycles. The third-order valence-corrected chi connectivity index (χ3v) is 6.87. The van der Waals surface area contributed by atoms with Gasteiger partial charge in [0.2, 0.25) is 5.91 Å². The lowest BCUT2D eigenvalue weighted by molar-refractivity contribution is -0.130. The van der Waals surface area contributed by atoms with E-state index in [2.05, 4.69) is 44.9 Å². The summed E-state index contributed by atoms with van der Waals surface area (Å²) in [4.78, 5) is 15.1. The summed E-state index contributed by atoms with van der Waals surface area (Å²) in [6.45, 7) is 0.780. The van der Waals surface area contributed by atoms with Crippen molar-refractivity contribution in [3.63, 3.8) is 0 Å². The number of carbonyl (C=O) groups excluding carboxylic acids is 1. The van der Waals surface area contributed by atoms with E-state index in [0.717, 1.165) is 44.5 Å². The van der Waals surface area contributed by atoms with E-state index < -0.39 is 0 Å². The van der Waals surface area contributed by atoms with Crippen molar-refractivity contribution in [1.29, 1.82) is 0 Å². The third-order valence-electron chi connectivity index (χ3n) is 4.99. The summed E-state index contributed by atoms with van der Waals surface area (Å²) in [5.41, 5.74) is 3.37. The molecule has 1 aliphatic heterocycles. The maximum absolute atomic E-state index is 13.1. The lowest BCUT2D eigenvalue weighted by Gasteiger charge is -2.24. The van der Waals surface area contributed by atoms with E-state index in [4.69, 9.17) is 4.74 Å². The van der Waals surface area contributed by atoms with Crippen molar-refractivity contribution in [3.8, 4) is 5.75 Å². The number of aromatic nitrogens is 1. The van der Waals surface area contributed by atoms with Gasteiger partial charge in [-0.15, -0.1) is 11.8 Å². The number of aryl methyl sites for hydroxylation is 1. The van der Waals surface area contributed by atoms with Gasteiger partial charge in [-0.3, -0.25) is 4.79 Å². The topological polar surface area (TPSA) is 34.5 Å². The minimum absolute atomic E-state index is 0.0506. The van der Waals surface area contributed by atoms with Crippen LogP contribution in [0.4, 0.5) is 0 Å². The normalized spacial score (nSPS) is 16.9. The molecule has 0 radical (unpaired) electrons. The van der Waals surface area contributed by atoms with Crippen LogP contribution >= 0.6 is 27.7 Å². The van der Waals surface area contributed by atoms with Gasteiger partial charge in [0, 0.05) is 36.4 Å². The van der Waals surface area contributed by atoms with Crippen LogP contribution in [0.3, 0.4) is 0 Å². The first-order valence-corrected chi connectivity index (χ1v) is 10.7. The molecule has 140 valence electrons. The third kappa shape index (κ3) is 3.48. The summed E-state index contributed by atoms with van der Waals surface area (Å²) in [7, 11) is 3.68. The summed E-state index contributed by atoms with van der Waals surface area (Å²) in [6, 6.07) is 14.3. The number of hydrogen-bond donors (Lipinski definition) is 0. The van der Waals surface area contributed by atoms with Gasteiger partial charge in [-0.05, 0) is 45.3 Å². The second-order valence-corrected chi connectivity index (χ2v) is 8.71. The van der Waals surface area contributed by atoms with Crippen LogP contribution in [0.15, 0.2) is 53.1 Å². The molecule has 6 heteroatoms. The predicted molar refractivity (Wildman–Crippen MR) is 114 cm³/mol. The Balaban J connectivity index is 1.58. The monoisotopic (exact) mass is 444 g/mol. The van der Waals surface area contributed by atoms with Gasteiger partial charge in [-0.25, -0.2) is 0 Å². The summed E-state index contributed by atoms with van der Waals surface area (Å²) >= 11 is 5.37. The largest absolute Gasteiger partial charge is 0.496 e. The highest BCUT2D eigenvalue weighted by Gasteiger charge is 2.31. The van der Waals surface area contributed by atoms with Crippen LogP contribution in [0, 0.1) is 0 Å². The number of thioether (sulfide) groups is 1. The Morgan fingerprint density at radius 1 is 1.30 bits per heavy atom. The molecule has 1 aromatic heterocycles. The summed E-state index contributed by atoms with van der Waals surface area (Å²) in [5.74, 6) is 1.93. The molecule has 4 rings (SSSR count). The number of ether oxygens (including phenoxy) is 1. The zero-order valence-corrected chi connectivity index (χ0v) is 17.7. The van der Waals surface area contributed by atoms with Gasteiger partial charge >= 0.3 is 0 Å². The Morgan fingerprint density at radius 2 is 2.11 bits per heavy atom. The molecule has 1 aliphatic rings. The lowest BCUT2D eigenvalue weighted by atomic mass is 10.1. The Hall–Kier alpha value is -1.92. The molecule has 1 atom stereocenters. The van der Waals surface area contributed by atoms with E-state index in [1.807, 2.05) is 48.0 Å². The SMILES string of the molecule is COc1ccc(C2SCCN2C(=O)Cc2cn(C)c3ccccc23)cc1Br. The molecule has 1 fully saturated rings. The average molecular weight is 445 g/mol. The van der Waals surface area contributed by atoms with E-state index in [1.165, 1.54) is 0 Å². The summed E-state index contributed by atoms with van der Waals surface area (Å²) < 4.78 is 8.33. The number of methoxy groups -OCH3 is 1. The maximum atomic E-state index is 13.1. The van der Waals surface area contributed by atoms with Crippen LogP contribution in [0.1, 0.15) is 16.5 Å². The minimum atomic E-state index is 0.0506. The second-order valence-electron chi connectivity index (χ2n) is 6.66. The maximum Gasteiger partial charge on any atom is 0.228 e. The Labute approximate surface area is 171 Å². The molecule has 2 heterocycles. The number of rotatable bonds is 4. The van der Waals surface area contributed by atoms with Gasteiger partial charge in [0.15, 0.2) is 0 Å². The van der Waals surface area contributed by atoms with Crippen LogP contribution in [0.2, 0.25) is 0 Å². The minimum Gasteiger partial charge on any atom is -0.496 e. The van der Waals surface area contributed by atoms with Crippen molar-refractivity contribution in [2.75, 3.05) is 19.4 Å². The highest BCUT2D eigenvalue weighted by molar-refractivity contribution is 9.10. The van der Waals surface area contributed by atoms with Crippen LogP contribution in [0.25, 0.3) is 10.9 Å². The van der Waals surface area contributed by atoms with E-state index in [9.17, 15) is 4.79 Å². The molecule has 0 N–H and O–H groups in total. The lowest BCUT2D eigenvalue weighted by Crippen LogP contribution is -2.31. The summed E-state index contributed by atoms with van der Waals surface area (Å²) in [6.07, 6.45) is 2.50. The number of fused-ring (bicyclic) bond motifs is 1. The fourth-order valence-corrected chi connectivity index (χ4v) is 5.49. The fourth-order valence-electron chi connectivity index (χ4n) is 3.67. The fraction of sp³-hybridized carbons (Fsp3) is 0.286. The van der Waals surface area contributed by atoms with Gasteiger partial charge in [0.05, 0.1) is 18.0 Å². The van der Waals surface area contributed by atoms with E-state index in [1.54, 1.807) is 7.11 Å². The molecule has 27 heavy (non-hydrogen) atoms. The highest BCUT2D eigenvalue weighted by Crippen LogP contribution is 2.40. The molecule has 3 aromatic rings. The van der Waals surface area contributed by atoms with Gasteiger partial charge in [-0.2, -0.15) is 0 Å². The Morgan fingerprint density at radius 3 is 2.89 bits per heavy atom. The standard InChI is InChI=1S/C21H21BrN2O2S/c1-23-13-15(16-5-3-4-6-18(16)23)12-20(25)24-9-10-27-21(24)14-7-8-19(26-2)17(22)11-14/h3-8,11,13,21H,9-10,12H2,1-2H3. The number of nitrogens with zero attached hydrogens (tertiary/aromatic N) is 2. The predicted octanol–water partition coefficient (Wildman–Crippen LogP) is 4.77. The Kier molecular flexibility index (Phi) is 5.19. The molecular formula is C21H21BrN2O2S. The van der Waals surface area contributed by atoms with Crippen LogP contribution in [-0.4, -0.2) is 34.8 Å². The number of hydrogen-bond acceptors (Lipinski definition) is 3. The van der Waals surface area contributed by atoms with Crippen LogP contribution < -0.4 is 4.74 Å². The number of para-hydroxylation sites is 1. The van der Waals surface area contributed by atoms with Gasteiger partial charge < -0.3 is 14.2 Å². The number of halogens is 1. The van der Waals surface area contributed by atoms with Gasteiger partial charge in [0.1, 0.15) is 11.1 Å². The van der Waals surface area contributed by atoms with Crippen molar-refractivity contribution in [2.45, 2.75) is 11.8 Å². The number of carbonyl (C=O) groups is 1. The Bertz CT molecular complexity index is 1000. The molecule has 0 saturated carbocycles. The van der Waals surface area contributed by atoms with Crippen molar-refractivity contribution in [3.05, 3.63) is 64.3 Å². The zero-order chi connectivity index (χ0) is 19.0. The first-order valence-electron chi connectivity index (χ1n) is 8.86. The van der Waals surface area contributed by atoms with Crippen LogP contribution in [0.5, 0.6) is 5.75 Å². The number of amides is 1. The zero-order valence-electron chi connectivity index (χ0n) is 15.3. The molecule has 1 amide bonds. The van der Waals surface area contributed by atoms with E-state index in [0.29, 0.717) is 6.42 Å².